The summed E-state index contributed by atoms with van der Waals surface area (Å²) in [6, 6.07) is 5.65. The highest BCUT2D eigenvalue weighted by atomic mass is 16.6. The Hall–Kier alpha value is -2.01. The van der Waals surface area contributed by atoms with Gasteiger partial charge in [0.25, 0.3) is 5.69 Å². The van der Waals surface area contributed by atoms with Crippen molar-refractivity contribution in [1.82, 2.24) is 4.90 Å². The average Bonchev–Trinajstić information content (AvgIpc) is 2.90. The van der Waals surface area contributed by atoms with Crippen LogP contribution in [0.3, 0.4) is 0 Å². The van der Waals surface area contributed by atoms with Crippen molar-refractivity contribution in [3.05, 3.63) is 52.1 Å². The largest absolute Gasteiger partial charge is 0.299 e. The quantitative estimate of drug-likeness (QED) is 0.353. The number of benzene rings is 1. The highest BCUT2D eigenvalue weighted by Crippen LogP contribution is 2.16. The third-order valence-electron chi connectivity index (χ3n) is 3.27. The predicted molar refractivity (Wildman–Crippen MR) is 72.2 cm³/mol. The van der Waals surface area contributed by atoms with Gasteiger partial charge in [-0.2, -0.15) is 0 Å². The van der Waals surface area contributed by atoms with Gasteiger partial charge in [-0.3, -0.25) is 19.8 Å². The molecule has 1 aromatic rings. The number of carbonyl (C=O) groups excluding carboxylic acids is 1. The molecule has 0 aliphatic carbocycles. The molecule has 1 aliphatic rings. The van der Waals surface area contributed by atoms with Crippen LogP contribution in [0, 0.1) is 10.1 Å². The van der Waals surface area contributed by atoms with Crippen molar-refractivity contribution >= 4 is 11.5 Å². The maximum atomic E-state index is 12.1. The summed E-state index contributed by atoms with van der Waals surface area (Å²) in [6.07, 6.45) is 2.33. The van der Waals surface area contributed by atoms with Crippen molar-refractivity contribution in [1.29, 1.82) is 0 Å². The number of carbonyl (C=O) groups is 1. The van der Waals surface area contributed by atoms with Gasteiger partial charge in [0.15, 0.2) is 5.78 Å². The van der Waals surface area contributed by atoms with Gasteiger partial charge in [0, 0.05) is 29.8 Å². The van der Waals surface area contributed by atoms with E-state index < -0.39 is 4.92 Å². The van der Waals surface area contributed by atoms with E-state index in [1.807, 2.05) is 0 Å². The van der Waals surface area contributed by atoms with E-state index in [0.29, 0.717) is 17.7 Å². The van der Waals surface area contributed by atoms with Crippen molar-refractivity contribution in [3.63, 3.8) is 0 Å². The van der Waals surface area contributed by atoms with Crippen LogP contribution in [0.25, 0.3) is 0 Å². The van der Waals surface area contributed by atoms with Gasteiger partial charge in [-0.25, -0.2) is 0 Å². The minimum absolute atomic E-state index is 0.0123. The number of non-ortho nitro benzene ring substituents is 1. The Morgan fingerprint density at radius 2 is 1.84 bits per heavy atom. The Labute approximate surface area is 111 Å². The highest BCUT2D eigenvalue weighted by Gasteiger charge is 2.17. The van der Waals surface area contributed by atoms with E-state index in [1.54, 1.807) is 0 Å². The number of hydrogen-bond donors (Lipinski definition) is 0. The summed E-state index contributed by atoms with van der Waals surface area (Å²) in [6.45, 7) is 6.42. The summed E-state index contributed by atoms with van der Waals surface area (Å²) in [5.41, 5.74) is 0.979. The maximum Gasteiger partial charge on any atom is 0.269 e. The van der Waals surface area contributed by atoms with E-state index in [0.717, 1.165) is 13.1 Å². The highest BCUT2D eigenvalue weighted by molar-refractivity contribution is 6.08. The predicted octanol–water partition coefficient (Wildman–Crippen LogP) is 2.43. The Balaban J connectivity index is 2.01. The fraction of sp³-hybridized carbons (Fsp3) is 0.357. The summed E-state index contributed by atoms with van der Waals surface area (Å²) in [5, 5.41) is 10.5. The van der Waals surface area contributed by atoms with Gasteiger partial charge < -0.3 is 0 Å². The van der Waals surface area contributed by atoms with Crippen LogP contribution >= 0.6 is 0 Å². The zero-order chi connectivity index (χ0) is 13.8. The lowest BCUT2D eigenvalue weighted by Crippen LogP contribution is -2.24. The van der Waals surface area contributed by atoms with Gasteiger partial charge in [-0.1, -0.05) is 6.58 Å². The standard InChI is InChI=1S/C14H16N2O3/c1-11(10-15-8-2-3-9-15)14(17)12-4-6-13(7-5-12)16(18)19/h4-7H,1-3,8-10H2. The van der Waals surface area contributed by atoms with E-state index in [-0.39, 0.29) is 11.5 Å². The fourth-order valence-corrected chi connectivity index (χ4v) is 2.22. The Kier molecular flexibility index (Phi) is 4.06. The molecule has 1 heterocycles. The molecule has 0 N–H and O–H groups in total. The van der Waals surface area contributed by atoms with Crippen LogP contribution in [0.1, 0.15) is 23.2 Å². The Morgan fingerprint density at radius 3 is 2.37 bits per heavy atom. The molecule has 0 unspecified atom stereocenters. The third kappa shape index (κ3) is 3.26. The van der Waals surface area contributed by atoms with Gasteiger partial charge >= 0.3 is 0 Å². The van der Waals surface area contributed by atoms with Crippen molar-refractivity contribution in [2.24, 2.45) is 0 Å². The van der Waals surface area contributed by atoms with Crippen molar-refractivity contribution in [3.8, 4) is 0 Å². The second-order valence-electron chi connectivity index (χ2n) is 4.72. The van der Waals surface area contributed by atoms with Crippen molar-refractivity contribution in [2.45, 2.75) is 12.8 Å². The number of hydrogen-bond acceptors (Lipinski definition) is 4. The minimum Gasteiger partial charge on any atom is -0.299 e. The Morgan fingerprint density at radius 1 is 1.26 bits per heavy atom. The summed E-state index contributed by atoms with van der Waals surface area (Å²) in [5.74, 6) is -0.137. The number of nitro groups is 1. The zero-order valence-corrected chi connectivity index (χ0v) is 10.7. The SMILES string of the molecule is C=C(CN1CCCC1)C(=O)c1ccc([N+](=O)[O-])cc1. The molecular weight excluding hydrogens is 244 g/mol. The van der Waals surface area contributed by atoms with Crippen LogP contribution in [-0.4, -0.2) is 35.2 Å². The van der Waals surface area contributed by atoms with Crippen molar-refractivity contribution in [2.75, 3.05) is 19.6 Å². The molecule has 0 atom stereocenters. The summed E-state index contributed by atoms with van der Waals surface area (Å²) < 4.78 is 0. The molecule has 1 fully saturated rings. The van der Waals surface area contributed by atoms with Crippen LogP contribution < -0.4 is 0 Å². The molecule has 5 heteroatoms. The molecule has 0 amide bonds. The van der Waals surface area contributed by atoms with Gasteiger partial charge in [0.1, 0.15) is 0 Å². The first-order valence-corrected chi connectivity index (χ1v) is 6.27. The molecule has 1 saturated heterocycles. The van der Waals surface area contributed by atoms with E-state index >= 15 is 0 Å². The number of likely N-dealkylation sites (tertiary alicyclic amines) is 1. The number of ketones is 1. The van der Waals surface area contributed by atoms with E-state index in [9.17, 15) is 14.9 Å². The first-order valence-electron chi connectivity index (χ1n) is 6.27. The lowest BCUT2D eigenvalue weighted by molar-refractivity contribution is -0.384. The lowest BCUT2D eigenvalue weighted by atomic mass is 10.0. The number of Topliss-reactive ketones (excluding diaryl/α,β-unsaturated/α-hetero) is 1. The van der Waals surface area contributed by atoms with Crippen molar-refractivity contribution < 1.29 is 9.72 Å². The number of nitro benzene ring substituents is 1. The molecule has 1 aliphatic heterocycles. The van der Waals surface area contributed by atoms with Crippen LogP contribution in [0.15, 0.2) is 36.4 Å². The molecule has 0 spiro atoms. The van der Waals surface area contributed by atoms with Gasteiger partial charge in [0.05, 0.1) is 4.92 Å². The smallest absolute Gasteiger partial charge is 0.269 e. The van der Waals surface area contributed by atoms with E-state index in [2.05, 4.69) is 11.5 Å². The second kappa shape index (κ2) is 5.75. The summed E-state index contributed by atoms with van der Waals surface area (Å²) in [7, 11) is 0. The number of rotatable bonds is 5. The monoisotopic (exact) mass is 260 g/mol. The molecule has 0 bridgehead atoms. The summed E-state index contributed by atoms with van der Waals surface area (Å²) in [4.78, 5) is 24.4. The molecule has 100 valence electrons. The second-order valence-corrected chi connectivity index (χ2v) is 4.72. The van der Waals surface area contributed by atoms with Gasteiger partial charge in [-0.15, -0.1) is 0 Å². The van der Waals surface area contributed by atoms with Gasteiger partial charge in [0.2, 0.25) is 0 Å². The normalized spacial score (nSPS) is 15.4. The molecule has 19 heavy (non-hydrogen) atoms. The van der Waals surface area contributed by atoms with E-state index in [1.165, 1.54) is 37.1 Å². The topological polar surface area (TPSA) is 63.5 Å². The molecular formula is C14H16N2O3. The third-order valence-corrected chi connectivity index (χ3v) is 3.27. The first kappa shape index (κ1) is 13.4. The van der Waals surface area contributed by atoms with Crippen LogP contribution in [-0.2, 0) is 0 Å². The molecule has 5 nitrogen and oxygen atoms in total. The van der Waals surface area contributed by atoms with E-state index in [4.69, 9.17) is 0 Å². The molecule has 1 aromatic carbocycles. The maximum absolute atomic E-state index is 12.1. The molecule has 0 saturated carbocycles. The molecule has 0 radical (unpaired) electrons. The van der Waals surface area contributed by atoms with Crippen LogP contribution in [0.2, 0.25) is 0 Å². The Bertz CT molecular complexity index is 502. The number of nitrogens with zero attached hydrogens (tertiary/aromatic N) is 2. The zero-order valence-electron chi connectivity index (χ0n) is 10.7. The minimum atomic E-state index is -0.479. The molecule has 0 aromatic heterocycles. The fourth-order valence-electron chi connectivity index (χ4n) is 2.22. The summed E-state index contributed by atoms with van der Waals surface area (Å²) >= 11 is 0. The van der Waals surface area contributed by atoms with Crippen LogP contribution in [0.5, 0.6) is 0 Å². The van der Waals surface area contributed by atoms with Gasteiger partial charge in [-0.05, 0) is 38.1 Å². The van der Waals surface area contributed by atoms with Crippen LogP contribution in [0.4, 0.5) is 5.69 Å². The first-order chi connectivity index (χ1) is 9.08. The average molecular weight is 260 g/mol. The molecule has 2 rings (SSSR count). The lowest BCUT2D eigenvalue weighted by Gasteiger charge is -2.15.